The van der Waals surface area contributed by atoms with Crippen molar-refractivity contribution < 1.29 is 31.2 Å². The van der Waals surface area contributed by atoms with Gasteiger partial charge in [-0.3, -0.25) is 13.9 Å². The third-order valence-electron chi connectivity index (χ3n) is 7.89. The van der Waals surface area contributed by atoms with Crippen molar-refractivity contribution in [3.63, 3.8) is 0 Å². The van der Waals surface area contributed by atoms with Gasteiger partial charge in [-0.05, 0) is 73.9 Å². The average molecular weight is 745 g/mol. The highest BCUT2D eigenvalue weighted by Crippen LogP contribution is 2.33. The Morgan fingerprint density at radius 2 is 1.52 bits per heavy atom. The molecule has 2 unspecified atom stereocenters. The molecule has 254 valence electrons. The van der Waals surface area contributed by atoms with Gasteiger partial charge in [0.15, 0.2) is 0 Å². The summed E-state index contributed by atoms with van der Waals surface area (Å²) in [6.45, 7) is 4.57. The molecule has 4 rings (SSSR count). The molecular weight excluding hydrogens is 707 g/mol. The largest absolute Gasteiger partial charge is 0.416 e. The van der Waals surface area contributed by atoms with Crippen LogP contribution < -0.4 is 9.62 Å². The van der Waals surface area contributed by atoms with Crippen LogP contribution in [0.3, 0.4) is 0 Å². The molecule has 0 saturated heterocycles. The van der Waals surface area contributed by atoms with E-state index in [1.54, 1.807) is 43.3 Å². The Kier molecular flexibility index (Phi) is 12.1. The number of rotatable bonds is 13. The van der Waals surface area contributed by atoms with E-state index in [0.717, 1.165) is 27.7 Å². The van der Waals surface area contributed by atoms with Crippen LogP contribution in [0.1, 0.15) is 42.5 Å². The van der Waals surface area contributed by atoms with Crippen LogP contribution in [0.4, 0.5) is 18.9 Å². The number of anilines is 1. The van der Waals surface area contributed by atoms with Gasteiger partial charge in [0.25, 0.3) is 10.0 Å². The fraction of sp³-hybridized carbons (Fsp3) is 0.278. The van der Waals surface area contributed by atoms with Crippen LogP contribution in [0.15, 0.2) is 112 Å². The maximum absolute atomic E-state index is 14.5. The van der Waals surface area contributed by atoms with E-state index in [2.05, 4.69) is 21.2 Å². The Bertz CT molecular complexity index is 1800. The third-order valence-corrected chi connectivity index (χ3v) is 10.2. The van der Waals surface area contributed by atoms with Gasteiger partial charge in [0.05, 0.1) is 16.1 Å². The summed E-state index contributed by atoms with van der Waals surface area (Å²) in [6, 6.07) is 24.5. The number of benzene rings is 4. The number of carbonyl (C=O) groups excluding carboxylic acids is 2. The fourth-order valence-corrected chi connectivity index (χ4v) is 6.66. The Morgan fingerprint density at radius 3 is 2.12 bits per heavy atom. The van der Waals surface area contributed by atoms with E-state index in [1.165, 1.54) is 23.1 Å². The van der Waals surface area contributed by atoms with Gasteiger partial charge in [-0.15, -0.1) is 0 Å². The zero-order valence-electron chi connectivity index (χ0n) is 26.7. The number of hydrogen-bond acceptors (Lipinski definition) is 4. The van der Waals surface area contributed by atoms with Gasteiger partial charge in [-0.1, -0.05) is 89.1 Å². The number of aryl methyl sites for hydroxylation is 1. The Balaban J connectivity index is 1.84. The number of carbonyl (C=O) groups is 2. The molecule has 48 heavy (non-hydrogen) atoms. The van der Waals surface area contributed by atoms with Crippen LogP contribution in [0.25, 0.3) is 0 Å². The van der Waals surface area contributed by atoms with E-state index in [-0.39, 0.29) is 29.6 Å². The summed E-state index contributed by atoms with van der Waals surface area (Å²) in [5, 5.41) is 2.95. The lowest BCUT2D eigenvalue weighted by Gasteiger charge is -2.34. The van der Waals surface area contributed by atoms with E-state index in [4.69, 9.17) is 0 Å². The number of nitrogens with one attached hydrogen (secondary N) is 1. The highest BCUT2D eigenvalue weighted by molar-refractivity contribution is 9.10. The van der Waals surface area contributed by atoms with Gasteiger partial charge >= 0.3 is 6.18 Å². The predicted octanol–water partition coefficient (Wildman–Crippen LogP) is 7.53. The molecule has 4 aromatic rings. The number of sulfonamides is 1. The van der Waals surface area contributed by atoms with Crippen LogP contribution in [-0.2, 0) is 38.8 Å². The van der Waals surface area contributed by atoms with Crippen molar-refractivity contribution in [2.75, 3.05) is 10.8 Å². The van der Waals surface area contributed by atoms with Crippen LogP contribution in [0.2, 0.25) is 0 Å². The molecule has 7 nitrogen and oxygen atoms in total. The monoisotopic (exact) mass is 743 g/mol. The predicted molar refractivity (Wildman–Crippen MR) is 184 cm³/mol. The second-order valence-corrected chi connectivity index (χ2v) is 14.3. The first kappa shape index (κ1) is 36.7. The third kappa shape index (κ3) is 9.47. The molecule has 0 radical (unpaired) electrons. The standard InChI is InChI=1S/C36H37BrF3N3O4S/c1-4-26(3)41-35(45)33(21-27-9-6-5-7-10-27)42(23-28-15-17-30(37)18-16-28)34(44)24-43(31-12-8-11-29(22-31)36(38,39)40)48(46,47)32-19-13-25(2)14-20-32/h5-20,22,26,33H,4,21,23-24H2,1-3H3,(H,41,45). The van der Waals surface area contributed by atoms with Crippen molar-refractivity contribution >= 4 is 43.5 Å². The van der Waals surface area contributed by atoms with Crippen LogP contribution in [0, 0.1) is 6.92 Å². The van der Waals surface area contributed by atoms with Crippen molar-refractivity contribution in [1.29, 1.82) is 0 Å². The topological polar surface area (TPSA) is 86.8 Å². The summed E-state index contributed by atoms with van der Waals surface area (Å²) in [7, 11) is -4.56. The quantitative estimate of drug-likeness (QED) is 0.154. The fourth-order valence-electron chi connectivity index (χ4n) is 4.99. The first-order valence-corrected chi connectivity index (χ1v) is 17.6. The van der Waals surface area contributed by atoms with Crippen LogP contribution in [0.5, 0.6) is 0 Å². The second kappa shape index (κ2) is 15.8. The summed E-state index contributed by atoms with van der Waals surface area (Å²) in [5.41, 5.74) is 0.780. The molecule has 0 aliphatic heterocycles. The number of halogens is 4. The summed E-state index contributed by atoms with van der Waals surface area (Å²) in [4.78, 5) is 29.5. The highest BCUT2D eigenvalue weighted by Gasteiger charge is 2.36. The van der Waals surface area contributed by atoms with Crippen LogP contribution >= 0.6 is 15.9 Å². The van der Waals surface area contributed by atoms with E-state index < -0.39 is 46.2 Å². The van der Waals surface area contributed by atoms with E-state index in [1.807, 2.05) is 44.2 Å². The highest BCUT2D eigenvalue weighted by atomic mass is 79.9. The Labute approximate surface area is 287 Å². The molecular formula is C36H37BrF3N3O4S. The van der Waals surface area contributed by atoms with Crippen molar-refractivity contribution in [3.8, 4) is 0 Å². The maximum atomic E-state index is 14.5. The lowest BCUT2D eigenvalue weighted by atomic mass is 10.0. The molecule has 0 fully saturated rings. The van der Waals surface area contributed by atoms with E-state index >= 15 is 0 Å². The summed E-state index contributed by atoms with van der Waals surface area (Å²) in [6.07, 6.45) is -4.02. The number of hydrogen-bond donors (Lipinski definition) is 1. The van der Waals surface area contributed by atoms with Crippen molar-refractivity contribution in [2.45, 2.75) is 63.3 Å². The zero-order chi connectivity index (χ0) is 35.1. The molecule has 0 aliphatic carbocycles. The minimum absolute atomic E-state index is 0.0709. The van der Waals surface area contributed by atoms with Gasteiger partial charge in [0.2, 0.25) is 11.8 Å². The number of nitrogens with zero attached hydrogens (tertiary/aromatic N) is 2. The minimum atomic E-state index is -4.76. The van der Waals surface area contributed by atoms with E-state index in [9.17, 15) is 31.2 Å². The molecule has 0 bridgehead atoms. The SMILES string of the molecule is CCC(C)NC(=O)C(Cc1ccccc1)N(Cc1ccc(Br)cc1)C(=O)CN(c1cccc(C(F)(F)F)c1)S(=O)(=O)c1ccc(C)cc1. The molecule has 2 atom stereocenters. The molecule has 0 heterocycles. The number of alkyl halides is 3. The minimum Gasteiger partial charge on any atom is -0.352 e. The molecule has 12 heteroatoms. The lowest BCUT2D eigenvalue weighted by Crippen LogP contribution is -2.54. The average Bonchev–Trinajstić information content (AvgIpc) is 3.06. The van der Waals surface area contributed by atoms with Crippen molar-refractivity contribution in [1.82, 2.24) is 10.2 Å². The molecule has 0 saturated carbocycles. The molecule has 2 amide bonds. The van der Waals surface area contributed by atoms with Gasteiger partial charge < -0.3 is 10.2 Å². The van der Waals surface area contributed by atoms with Gasteiger partial charge in [-0.2, -0.15) is 13.2 Å². The summed E-state index contributed by atoms with van der Waals surface area (Å²) >= 11 is 3.40. The van der Waals surface area contributed by atoms with Gasteiger partial charge in [0.1, 0.15) is 12.6 Å². The Hall–Kier alpha value is -4.16. The van der Waals surface area contributed by atoms with Crippen molar-refractivity contribution in [3.05, 3.63) is 130 Å². The van der Waals surface area contributed by atoms with E-state index in [0.29, 0.717) is 22.4 Å². The smallest absolute Gasteiger partial charge is 0.352 e. The molecule has 0 spiro atoms. The summed E-state index contributed by atoms with van der Waals surface area (Å²) in [5.74, 6) is -1.21. The first-order chi connectivity index (χ1) is 22.7. The normalized spacial score (nSPS) is 13.0. The lowest BCUT2D eigenvalue weighted by molar-refractivity contribution is -0.140. The number of amides is 2. The second-order valence-electron chi connectivity index (χ2n) is 11.5. The first-order valence-electron chi connectivity index (χ1n) is 15.3. The summed E-state index contributed by atoms with van der Waals surface area (Å²) < 4.78 is 71.1. The molecule has 0 aliphatic rings. The Morgan fingerprint density at radius 1 is 0.875 bits per heavy atom. The molecule has 1 N–H and O–H groups in total. The maximum Gasteiger partial charge on any atom is 0.416 e. The molecule has 4 aromatic carbocycles. The van der Waals surface area contributed by atoms with Gasteiger partial charge in [-0.25, -0.2) is 8.42 Å². The van der Waals surface area contributed by atoms with Crippen molar-refractivity contribution in [2.24, 2.45) is 0 Å². The van der Waals surface area contributed by atoms with Gasteiger partial charge in [0, 0.05) is 23.5 Å². The van der Waals surface area contributed by atoms with Crippen LogP contribution in [-0.4, -0.2) is 43.8 Å². The molecule has 0 aromatic heterocycles. The zero-order valence-corrected chi connectivity index (χ0v) is 29.1.